The second-order valence-electron chi connectivity index (χ2n) is 7.82. The normalized spacial score (nSPS) is 19.8. The van der Waals surface area contributed by atoms with Crippen molar-refractivity contribution in [2.45, 2.75) is 23.8 Å². The highest BCUT2D eigenvalue weighted by Crippen LogP contribution is 2.31. The Labute approximate surface area is 192 Å². The molecule has 2 aliphatic rings. The zero-order valence-electron chi connectivity index (χ0n) is 17.4. The van der Waals surface area contributed by atoms with E-state index < -0.39 is 14.9 Å². The largest absolute Gasteiger partial charge is 0.377 e. The van der Waals surface area contributed by atoms with E-state index in [0.717, 1.165) is 25.1 Å². The molecule has 0 unspecified atom stereocenters. The molecule has 0 aliphatic carbocycles. The van der Waals surface area contributed by atoms with Crippen LogP contribution in [0.4, 0.5) is 17.1 Å². The molecule has 2 fully saturated rings. The number of anilines is 2. The van der Waals surface area contributed by atoms with Crippen molar-refractivity contribution in [2.24, 2.45) is 0 Å². The van der Waals surface area contributed by atoms with Crippen molar-refractivity contribution in [2.75, 3.05) is 49.5 Å². The van der Waals surface area contributed by atoms with Crippen molar-refractivity contribution in [3.05, 3.63) is 57.6 Å². The van der Waals surface area contributed by atoms with Crippen molar-refractivity contribution in [3.8, 4) is 0 Å². The van der Waals surface area contributed by atoms with E-state index in [4.69, 9.17) is 16.3 Å². The lowest BCUT2D eigenvalue weighted by molar-refractivity contribution is -0.383. The standard InChI is InChI=1S/C21H25ClN4O5S/c22-16-3-6-19(7-4-16)32(29,30)25-11-9-24(10-12-25)17-5-8-21(26(27)28)20(14-17)23-15-18-2-1-13-31-18/h3-8,14,18,23H,1-2,9-13,15H2/t18-/m1/s1. The predicted molar refractivity (Wildman–Crippen MR) is 123 cm³/mol. The van der Waals surface area contributed by atoms with E-state index in [9.17, 15) is 18.5 Å². The predicted octanol–water partition coefficient (Wildman–Crippen LogP) is 3.35. The van der Waals surface area contributed by atoms with Crippen molar-refractivity contribution in [1.29, 1.82) is 0 Å². The van der Waals surface area contributed by atoms with E-state index >= 15 is 0 Å². The summed E-state index contributed by atoms with van der Waals surface area (Å²) in [5.41, 5.74) is 1.27. The first-order chi connectivity index (χ1) is 15.3. The molecule has 0 bridgehead atoms. The summed E-state index contributed by atoms with van der Waals surface area (Å²) >= 11 is 5.87. The van der Waals surface area contributed by atoms with E-state index in [1.807, 2.05) is 4.90 Å². The van der Waals surface area contributed by atoms with Crippen molar-refractivity contribution < 1.29 is 18.1 Å². The molecule has 2 saturated heterocycles. The second-order valence-corrected chi connectivity index (χ2v) is 10.2. The molecular weight excluding hydrogens is 456 g/mol. The first-order valence-electron chi connectivity index (χ1n) is 10.5. The summed E-state index contributed by atoms with van der Waals surface area (Å²) in [7, 11) is -3.60. The molecule has 1 atom stereocenters. The Kier molecular flexibility index (Phi) is 6.85. The molecule has 0 aromatic heterocycles. The lowest BCUT2D eigenvalue weighted by Gasteiger charge is -2.35. The van der Waals surface area contributed by atoms with Gasteiger partial charge in [-0.05, 0) is 49.2 Å². The fourth-order valence-corrected chi connectivity index (χ4v) is 5.54. The van der Waals surface area contributed by atoms with Crippen LogP contribution in [0.15, 0.2) is 47.4 Å². The van der Waals surface area contributed by atoms with Gasteiger partial charge in [0.15, 0.2) is 0 Å². The Hall–Kier alpha value is -2.40. The Balaban J connectivity index is 1.45. The SMILES string of the molecule is O=[N+]([O-])c1ccc(N2CCN(S(=O)(=O)c3ccc(Cl)cc3)CC2)cc1NC[C@H]1CCCO1. The molecule has 4 rings (SSSR count). The van der Waals surface area contributed by atoms with E-state index in [1.54, 1.807) is 24.3 Å². The number of nitro benzene ring substituents is 1. The van der Waals surface area contributed by atoms with E-state index in [0.29, 0.717) is 43.4 Å². The highest BCUT2D eigenvalue weighted by Gasteiger charge is 2.29. The average Bonchev–Trinajstić information content (AvgIpc) is 3.31. The third-order valence-corrected chi connectivity index (χ3v) is 7.94. The summed E-state index contributed by atoms with van der Waals surface area (Å²) in [5, 5.41) is 15.1. The number of nitro groups is 1. The molecule has 0 amide bonds. The number of rotatable bonds is 7. The number of benzene rings is 2. The minimum atomic E-state index is -3.60. The Morgan fingerprint density at radius 3 is 2.47 bits per heavy atom. The van der Waals surface area contributed by atoms with Crippen LogP contribution in [0.3, 0.4) is 0 Å². The zero-order valence-corrected chi connectivity index (χ0v) is 19.0. The highest BCUT2D eigenvalue weighted by molar-refractivity contribution is 7.89. The van der Waals surface area contributed by atoms with Crippen LogP contribution in [0.1, 0.15) is 12.8 Å². The van der Waals surface area contributed by atoms with Crippen LogP contribution in [0.5, 0.6) is 0 Å². The maximum absolute atomic E-state index is 12.9. The van der Waals surface area contributed by atoms with Crippen LogP contribution in [-0.4, -0.2) is 63.1 Å². The summed E-state index contributed by atoms with van der Waals surface area (Å²) in [6, 6.07) is 11.1. The number of hydrogen-bond acceptors (Lipinski definition) is 7. The van der Waals surface area contributed by atoms with Gasteiger partial charge < -0.3 is 15.0 Å². The second kappa shape index (κ2) is 9.62. The number of ether oxygens (including phenoxy) is 1. The molecule has 172 valence electrons. The zero-order chi connectivity index (χ0) is 22.7. The maximum Gasteiger partial charge on any atom is 0.292 e. The molecule has 1 N–H and O–H groups in total. The smallest absolute Gasteiger partial charge is 0.292 e. The van der Waals surface area contributed by atoms with Gasteiger partial charge in [-0.15, -0.1) is 0 Å². The Morgan fingerprint density at radius 2 is 1.84 bits per heavy atom. The monoisotopic (exact) mass is 480 g/mol. The molecule has 32 heavy (non-hydrogen) atoms. The molecule has 9 nitrogen and oxygen atoms in total. The topological polar surface area (TPSA) is 105 Å². The lowest BCUT2D eigenvalue weighted by Crippen LogP contribution is -2.48. The molecule has 11 heteroatoms. The number of halogens is 1. The van der Waals surface area contributed by atoms with Gasteiger partial charge in [0.1, 0.15) is 5.69 Å². The first kappa shape index (κ1) is 22.8. The molecule has 2 heterocycles. The Bertz CT molecular complexity index is 1070. The molecule has 2 aromatic rings. The van der Waals surface area contributed by atoms with Crippen LogP contribution in [0.2, 0.25) is 5.02 Å². The van der Waals surface area contributed by atoms with Crippen LogP contribution in [0.25, 0.3) is 0 Å². The van der Waals surface area contributed by atoms with Crippen molar-refractivity contribution >= 4 is 38.7 Å². The van der Waals surface area contributed by atoms with E-state index in [1.165, 1.54) is 22.5 Å². The first-order valence-corrected chi connectivity index (χ1v) is 12.3. The third-order valence-electron chi connectivity index (χ3n) is 5.78. The van der Waals surface area contributed by atoms with Crippen molar-refractivity contribution in [3.63, 3.8) is 0 Å². The van der Waals surface area contributed by atoms with Crippen LogP contribution in [-0.2, 0) is 14.8 Å². The molecule has 0 spiro atoms. The van der Waals surface area contributed by atoms with Gasteiger partial charge in [-0.3, -0.25) is 10.1 Å². The third kappa shape index (κ3) is 4.98. The number of piperazine rings is 1. The van der Waals surface area contributed by atoms with Gasteiger partial charge in [0, 0.05) is 56.1 Å². The number of nitrogens with one attached hydrogen (secondary N) is 1. The van der Waals surface area contributed by atoms with Gasteiger partial charge in [-0.1, -0.05) is 11.6 Å². The van der Waals surface area contributed by atoms with Gasteiger partial charge in [0.05, 0.1) is 15.9 Å². The van der Waals surface area contributed by atoms with Gasteiger partial charge in [-0.2, -0.15) is 4.31 Å². The number of hydrogen-bond donors (Lipinski definition) is 1. The van der Waals surface area contributed by atoms with Gasteiger partial charge in [0.2, 0.25) is 10.0 Å². The summed E-state index contributed by atoms with van der Waals surface area (Å²) in [4.78, 5) is 13.3. The van der Waals surface area contributed by atoms with Gasteiger partial charge in [0.25, 0.3) is 5.69 Å². The number of nitrogens with zero attached hydrogens (tertiary/aromatic N) is 3. The Morgan fingerprint density at radius 1 is 1.12 bits per heavy atom. The maximum atomic E-state index is 12.9. The van der Waals surface area contributed by atoms with Gasteiger partial charge in [-0.25, -0.2) is 8.42 Å². The fraction of sp³-hybridized carbons (Fsp3) is 0.429. The molecule has 0 saturated carbocycles. The fourth-order valence-electron chi connectivity index (χ4n) is 3.99. The lowest BCUT2D eigenvalue weighted by atomic mass is 10.2. The van der Waals surface area contributed by atoms with Crippen LogP contribution >= 0.6 is 11.6 Å². The molecule has 0 radical (unpaired) electrons. The summed E-state index contributed by atoms with van der Waals surface area (Å²) in [6.45, 7) is 2.84. The average molecular weight is 481 g/mol. The quantitative estimate of drug-likeness (QED) is 0.478. The van der Waals surface area contributed by atoms with E-state index in [-0.39, 0.29) is 16.7 Å². The summed E-state index contributed by atoms with van der Waals surface area (Å²) in [5.74, 6) is 0. The van der Waals surface area contributed by atoms with Gasteiger partial charge >= 0.3 is 0 Å². The molecule has 2 aliphatic heterocycles. The highest BCUT2D eigenvalue weighted by atomic mass is 35.5. The van der Waals surface area contributed by atoms with E-state index in [2.05, 4.69) is 5.32 Å². The summed E-state index contributed by atoms with van der Waals surface area (Å²) < 4.78 is 32.8. The van der Waals surface area contributed by atoms with Crippen LogP contribution < -0.4 is 10.2 Å². The number of sulfonamides is 1. The summed E-state index contributed by atoms with van der Waals surface area (Å²) in [6.07, 6.45) is 1.99. The van der Waals surface area contributed by atoms with Crippen molar-refractivity contribution in [1.82, 2.24) is 4.31 Å². The van der Waals surface area contributed by atoms with Crippen LogP contribution in [0, 0.1) is 10.1 Å². The minimum absolute atomic E-state index is 0.00991. The molecular formula is C21H25ClN4O5S. The molecule has 2 aromatic carbocycles. The minimum Gasteiger partial charge on any atom is -0.377 e.